The van der Waals surface area contributed by atoms with Gasteiger partial charge in [0.1, 0.15) is 6.04 Å². The van der Waals surface area contributed by atoms with E-state index in [1.165, 1.54) is 11.0 Å². The van der Waals surface area contributed by atoms with Crippen molar-refractivity contribution >= 4 is 23.7 Å². The third kappa shape index (κ3) is 1.69. The van der Waals surface area contributed by atoms with Crippen LogP contribution >= 0.6 is 12.6 Å². The maximum absolute atomic E-state index is 11.2. The predicted octanol–water partition coefficient (Wildman–Crippen LogP) is 0.620. The Labute approximate surface area is 76.8 Å². The Morgan fingerprint density at radius 2 is 2.25 bits per heavy atom. The van der Waals surface area contributed by atoms with Gasteiger partial charge < -0.3 is 4.90 Å². The topological polar surface area (TPSA) is 37.4 Å². The van der Waals surface area contributed by atoms with E-state index in [0.29, 0.717) is 6.54 Å². The summed E-state index contributed by atoms with van der Waals surface area (Å²) in [5, 5.41) is -0.234. The van der Waals surface area contributed by atoms with Crippen LogP contribution in [0, 0.1) is 0 Å². The first-order valence-electron chi connectivity index (χ1n) is 3.82. The van der Waals surface area contributed by atoms with Gasteiger partial charge in [-0.05, 0) is 18.9 Å². The summed E-state index contributed by atoms with van der Waals surface area (Å²) in [5.74, 6) is -0.181. The monoisotopic (exact) mass is 185 g/mol. The van der Waals surface area contributed by atoms with Gasteiger partial charge in [-0.3, -0.25) is 9.59 Å². The quantitative estimate of drug-likeness (QED) is 0.506. The molecule has 0 saturated carbocycles. The molecule has 1 fully saturated rings. The number of rotatable bonds is 2. The van der Waals surface area contributed by atoms with E-state index in [2.05, 4.69) is 19.2 Å². The van der Waals surface area contributed by atoms with Crippen LogP contribution in [-0.2, 0) is 9.59 Å². The molecule has 0 spiro atoms. The average Bonchev–Trinajstić information content (AvgIpc) is 2.50. The van der Waals surface area contributed by atoms with Gasteiger partial charge in [0.25, 0.3) is 0 Å². The highest BCUT2D eigenvalue weighted by atomic mass is 32.1. The number of carbonyl (C=O) groups is 2. The van der Waals surface area contributed by atoms with Gasteiger partial charge >= 0.3 is 0 Å². The Kier molecular flexibility index (Phi) is 2.92. The molecule has 1 atom stereocenters. The van der Waals surface area contributed by atoms with E-state index in [1.54, 1.807) is 0 Å². The van der Waals surface area contributed by atoms with Crippen LogP contribution in [0.4, 0.5) is 0 Å². The molecule has 66 valence electrons. The summed E-state index contributed by atoms with van der Waals surface area (Å²) in [6.07, 6.45) is 2.83. The summed E-state index contributed by atoms with van der Waals surface area (Å²) < 4.78 is 0. The van der Waals surface area contributed by atoms with Crippen LogP contribution in [0.25, 0.3) is 0 Å². The number of thiol groups is 1. The van der Waals surface area contributed by atoms with Crippen LogP contribution in [0.15, 0.2) is 12.7 Å². The molecule has 0 radical (unpaired) electrons. The third-order valence-electron chi connectivity index (χ3n) is 2.00. The Bertz CT molecular complexity index is 227. The van der Waals surface area contributed by atoms with Crippen molar-refractivity contribution in [3.8, 4) is 0 Å². The Morgan fingerprint density at radius 3 is 2.75 bits per heavy atom. The smallest absolute Gasteiger partial charge is 0.246 e. The standard InChI is InChI=1S/C8H11NO2S/c1-2-7(10)9-5-3-4-6(9)8(11)12/h2,6H,1,3-5H2,(H,11,12). The summed E-state index contributed by atoms with van der Waals surface area (Å²) in [6.45, 7) is 4.01. The number of nitrogens with zero attached hydrogens (tertiary/aromatic N) is 1. The van der Waals surface area contributed by atoms with Gasteiger partial charge in [0.2, 0.25) is 11.0 Å². The lowest BCUT2D eigenvalue weighted by atomic mass is 10.2. The van der Waals surface area contributed by atoms with Crippen LogP contribution in [0.3, 0.4) is 0 Å². The minimum Gasteiger partial charge on any atom is -0.328 e. The van der Waals surface area contributed by atoms with E-state index in [9.17, 15) is 9.59 Å². The number of likely N-dealkylation sites (tertiary alicyclic amines) is 1. The van der Waals surface area contributed by atoms with E-state index in [4.69, 9.17) is 0 Å². The molecule has 4 heteroatoms. The van der Waals surface area contributed by atoms with Crippen LogP contribution in [-0.4, -0.2) is 28.5 Å². The molecule has 1 heterocycles. The largest absolute Gasteiger partial charge is 0.328 e. The zero-order chi connectivity index (χ0) is 9.14. The first kappa shape index (κ1) is 9.32. The SMILES string of the molecule is C=CC(=O)N1CCCC1C(=O)S. The van der Waals surface area contributed by atoms with Crippen LogP contribution in [0.2, 0.25) is 0 Å². The van der Waals surface area contributed by atoms with Gasteiger partial charge in [-0.25, -0.2) is 0 Å². The van der Waals surface area contributed by atoms with Crippen molar-refractivity contribution in [3.63, 3.8) is 0 Å². The highest BCUT2D eigenvalue weighted by Gasteiger charge is 2.30. The van der Waals surface area contributed by atoms with E-state index in [-0.39, 0.29) is 17.1 Å². The van der Waals surface area contributed by atoms with Crippen molar-refractivity contribution in [2.45, 2.75) is 18.9 Å². The average molecular weight is 185 g/mol. The molecule has 12 heavy (non-hydrogen) atoms. The molecular weight excluding hydrogens is 174 g/mol. The minimum atomic E-state index is -0.334. The minimum absolute atomic E-state index is 0.181. The fourth-order valence-electron chi connectivity index (χ4n) is 1.40. The summed E-state index contributed by atoms with van der Waals surface area (Å²) in [5.41, 5.74) is 0. The lowest BCUT2D eigenvalue weighted by Gasteiger charge is -2.19. The molecule has 0 N–H and O–H groups in total. The van der Waals surface area contributed by atoms with Crippen molar-refractivity contribution < 1.29 is 9.59 Å². The van der Waals surface area contributed by atoms with Crippen molar-refractivity contribution in [1.82, 2.24) is 4.90 Å². The molecule has 3 nitrogen and oxygen atoms in total. The number of carbonyl (C=O) groups excluding carboxylic acids is 2. The van der Waals surface area contributed by atoms with E-state index < -0.39 is 0 Å². The second-order valence-corrected chi connectivity index (χ2v) is 3.17. The maximum atomic E-state index is 11.2. The van der Waals surface area contributed by atoms with Crippen molar-refractivity contribution in [2.75, 3.05) is 6.54 Å². The van der Waals surface area contributed by atoms with Gasteiger partial charge in [0.15, 0.2) is 0 Å². The Morgan fingerprint density at radius 1 is 1.58 bits per heavy atom. The van der Waals surface area contributed by atoms with Crippen LogP contribution in [0.1, 0.15) is 12.8 Å². The second-order valence-electron chi connectivity index (χ2n) is 2.73. The Balaban J connectivity index is 2.69. The molecule has 0 aromatic rings. The number of hydrogen-bond acceptors (Lipinski definition) is 2. The summed E-state index contributed by atoms with van der Waals surface area (Å²) in [7, 11) is 0. The lowest BCUT2D eigenvalue weighted by Crippen LogP contribution is -2.37. The molecule has 0 aliphatic carbocycles. The van der Waals surface area contributed by atoms with Gasteiger partial charge in [-0.2, -0.15) is 0 Å². The normalized spacial score (nSPS) is 22.4. The molecule has 1 saturated heterocycles. The molecule has 1 unspecified atom stereocenters. The predicted molar refractivity (Wildman–Crippen MR) is 48.9 cm³/mol. The van der Waals surface area contributed by atoms with Crippen molar-refractivity contribution in [3.05, 3.63) is 12.7 Å². The number of hydrogen-bond donors (Lipinski definition) is 1. The van der Waals surface area contributed by atoms with Gasteiger partial charge in [-0.15, -0.1) is 12.6 Å². The zero-order valence-electron chi connectivity index (χ0n) is 6.69. The first-order chi connectivity index (χ1) is 5.66. The molecule has 0 bridgehead atoms. The summed E-state index contributed by atoms with van der Waals surface area (Å²) in [4.78, 5) is 23.6. The fraction of sp³-hybridized carbons (Fsp3) is 0.500. The summed E-state index contributed by atoms with van der Waals surface area (Å²) >= 11 is 3.72. The van der Waals surface area contributed by atoms with E-state index >= 15 is 0 Å². The molecule has 1 aliphatic rings. The maximum Gasteiger partial charge on any atom is 0.246 e. The van der Waals surface area contributed by atoms with Crippen molar-refractivity contribution in [2.24, 2.45) is 0 Å². The third-order valence-corrected chi connectivity index (χ3v) is 2.29. The zero-order valence-corrected chi connectivity index (χ0v) is 7.59. The molecule has 1 rings (SSSR count). The fourth-order valence-corrected chi connectivity index (χ4v) is 1.67. The Hall–Kier alpha value is -0.770. The molecule has 1 aliphatic heterocycles. The highest BCUT2D eigenvalue weighted by molar-refractivity contribution is 7.96. The van der Waals surface area contributed by atoms with Crippen molar-refractivity contribution in [1.29, 1.82) is 0 Å². The summed E-state index contributed by atoms with van der Waals surface area (Å²) in [6, 6.07) is -0.334. The molecule has 0 aromatic carbocycles. The molecular formula is C8H11NO2S. The van der Waals surface area contributed by atoms with E-state index in [0.717, 1.165) is 12.8 Å². The molecule has 1 amide bonds. The van der Waals surface area contributed by atoms with Gasteiger partial charge in [0.05, 0.1) is 0 Å². The second kappa shape index (κ2) is 3.76. The highest BCUT2D eigenvalue weighted by Crippen LogP contribution is 2.19. The lowest BCUT2D eigenvalue weighted by molar-refractivity contribution is -0.130. The van der Waals surface area contributed by atoms with Crippen LogP contribution in [0.5, 0.6) is 0 Å². The first-order valence-corrected chi connectivity index (χ1v) is 4.27. The van der Waals surface area contributed by atoms with Gasteiger partial charge in [-0.1, -0.05) is 6.58 Å². The van der Waals surface area contributed by atoms with Crippen LogP contribution < -0.4 is 0 Å². The molecule has 0 aromatic heterocycles. The van der Waals surface area contributed by atoms with E-state index in [1.807, 2.05) is 0 Å². The van der Waals surface area contributed by atoms with Gasteiger partial charge in [0, 0.05) is 6.54 Å². The number of amides is 1.